The molecule has 0 N–H and O–H groups in total. The van der Waals surface area contributed by atoms with Crippen molar-refractivity contribution < 1.29 is 9.47 Å². The fraction of sp³-hybridized carbons (Fsp3) is 0.200. The van der Waals surface area contributed by atoms with Crippen LogP contribution < -0.4 is 9.47 Å². The quantitative estimate of drug-likeness (QED) is 0.375. The van der Waals surface area contributed by atoms with Crippen molar-refractivity contribution >= 4 is 61.7 Å². The van der Waals surface area contributed by atoms with Gasteiger partial charge in [0, 0.05) is 13.1 Å². The van der Waals surface area contributed by atoms with Crippen molar-refractivity contribution in [1.29, 1.82) is 0 Å². The topological polar surface area (TPSA) is 18.5 Å². The molecule has 0 bridgehead atoms. The summed E-state index contributed by atoms with van der Waals surface area (Å²) in [5, 5.41) is 0.317. The third-order valence-corrected chi connectivity index (χ3v) is 5.38. The summed E-state index contributed by atoms with van der Waals surface area (Å²) in [6, 6.07) is 9.39. The van der Waals surface area contributed by atoms with Gasteiger partial charge in [-0.2, -0.15) is 0 Å². The lowest BCUT2D eigenvalue weighted by Gasteiger charge is -2.17. The van der Waals surface area contributed by atoms with Gasteiger partial charge in [-0.1, -0.05) is 27.5 Å². The van der Waals surface area contributed by atoms with Gasteiger partial charge in [0.2, 0.25) is 0 Å². The normalized spacial score (nSPS) is 12.1. The van der Waals surface area contributed by atoms with E-state index in [1.807, 2.05) is 30.3 Å². The summed E-state index contributed by atoms with van der Waals surface area (Å²) < 4.78 is 12.5. The van der Waals surface area contributed by atoms with Crippen LogP contribution in [-0.2, 0) is 0 Å². The van der Waals surface area contributed by atoms with E-state index in [9.17, 15) is 0 Å². The van der Waals surface area contributed by atoms with E-state index in [1.54, 1.807) is 14.2 Å². The molecule has 0 radical (unpaired) electrons. The van der Waals surface area contributed by atoms with Gasteiger partial charge in [-0.25, -0.2) is 0 Å². The van der Waals surface area contributed by atoms with E-state index in [0.29, 0.717) is 16.5 Å². The highest BCUT2D eigenvalue weighted by Gasteiger charge is 2.20. The van der Waals surface area contributed by atoms with Crippen molar-refractivity contribution in [3.05, 3.63) is 54.5 Å². The van der Waals surface area contributed by atoms with Crippen LogP contribution in [0, 0.1) is 3.57 Å². The van der Waals surface area contributed by atoms with E-state index in [1.165, 1.54) is 0 Å². The molecule has 0 spiro atoms. The Bertz CT molecular complexity index is 664. The van der Waals surface area contributed by atoms with E-state index in [0.717, 1.165) is 19.2 Å². The van der Waals surface area contributed by atoms with E-state index in [-0.39, 0.29) is 5.38 Å². The summed E-state index contributed by atoms with van der Waals surface area (Å²) in [6.07, 6.45) is 0. The second-order valence-corrected chi connectivity index (χ2v) is 7.15. The maximum Gasteiger partial charge on any atom is 0.161 e. The highest BCUT2D eigenvalue weighted by atomic mass is 127. The summed E-state index contributed by atoms with van der Waals surface area (Å²) in [5.74, 6) is 1.29. The molecule has 2 rings (SSSR count). The molecular weight excluding hydrogens is 490 g/mol. The fourth-order valence-corrected chi connectivity index (χ4v) is 4.00. The standard InChI is InChI=1S/C15H12BrCl2IO2/c1-20-13-6-9(11(16)7-14(13)21-2)15(18)10-5-8(17)3-4-12(10)19/h3-7,15H,1-2H3. The van der Waals surface area contributed by atoms with Gasteiger partial charge in [-0.05, 0) is 64.0 Å². The van der Waals surface area contributed by atoms with Crippen LogP contribution in [0.25, 0.3) is 0 Å². The zero-order chi connectivity index (χ0) is 15.6. The Labute approximate surface area is 156 Å². The molecule has 2 nitrogen and oxygen atoms in total. The summed E-state index contributed by atoms with van der Waals surface area (Å²) in [7, 11) is 3.20. The molecular formula is C15H12BrCl2IO2. The Kier molecular flexibility index (Phi) is 6.05. The molecule has 0 heterocycles. The molecule has 0 aliphatic rings. The molecule has 112 valence electrons. The number of halogens is 4. The van der Waals surface area contributed by atoms with Crippen molar-refractivity contribution in [1.82, 2.24) is 0 Å². The molecule has 1 atom stereocenters. The van der Waals surface area contributed by atoms with E-state index in [4.69, 9.17) is 32.7 Å². The van der Waals surface area contributed by atoms with Gasteiger partial charge in [-0.3, -0.25) is 0 Å². The van der Waals surface area contributed by atoms with Gasteiger partial charge in [-0.15, -0.1) is 11.6 Å². The van der Waals surface area contributed by atoms with Crippen LogP contribution in [0.1, 0.15) is 16.5 Å². The number of benzene rings is 2. The van der Waals surface area contributed by atoms with Crippen LogP contribution in [0.3, 0.4) is 0 Å². The predicted molar refractivity (Wildman–Crippen MR) is 99.1 cm³/mol. The third-order valence-electron chi connectivity index (χ3n) is 3.01. The van der Waals surface area contributed by atoms with Gasteiger partial charge in [0.05, 0.1) is 19.6 Å². The zero-order valence-electron chi connectivity index (χ0n) is 11.3. The third kappa shape index (κ3) is 3.78. The molecule has 0 aliphatic heterocycles. The van der Waals surface area contributed by atoms with E-state index < -0.39 is 0 Å². The minimum atomic E-state index is -0.343. The first-order valence-corrected chi connectivity index (χ1v) is 8.67. The first kappa shape index (κ1) is 17.2. The number of methoxy groups -OCH3 is 2. The van der Waals surface area contributed by atoms with E-state index >= 15 is 0 Å². The predicted octanol–water partition coefficient (Wildman–Crippen LogP) is 6.05. The molecule has 0 saturated heterocycles. The van der Waals surface area contributed by atoms with Crippen LogP contribution in [-0.4, -0.2) is 14.2 Å². The van der Waals surface area contributed by atoms with Gasteiger partial charge in [0.25, 0.3) is 0 Å². The van der Waals surface area contributed by atoms with E-state index in [2.05, 4.69) is 38.5 Å². The average molecular weight is 502 g/mol. The van der Waals surface area contributed by atoms with Crippen LogP contribution >= 0.6 is 61.7 Å². The Hall–Kier alpha value is -0.170. The van der Waals surface area contributed by atoms with Gasteiger partial charge in [0.15, 0.2) is 11.5 Å². The van der Waals surface area contributed by atoms with Gasteiger partial charge < -0.3 is 9.47 Å². The Balaban J connectivity index is 2.52. The average Bonchev–Trinajstić information content (AvgIpc) is 2.48. The van der Waals surface area contributed by atoms with Crippen molar-refractivity contribution in [3.63, 3.8) is 0 Å². The summed E-state index contributed by atoms with van der Waals surface area (Å²) >= 11 is 18.5. The highest BCUT2D eigenvalue weighted by molar-refractivity contribution is 14.1. The second-order valence-electron chi connectivity index (χ2n) is 4.26. The lowest BCUT2D eigenvalue weighted by atomic mass is 10.0. The molecule has 0 amide bonds. The molecule has 0 aliphatic carbocycles. The second kappa shape index (κ2) is 7.40. The molecule has 2 aromatic carbocycles. The largest absolute Gasteiger partial charge is 0.493 e. The molecule has 21 heavy (non-hydrogen) atoms. The Morgan fingerprint density at radius 2 is 1.67 bits per heavy atom. The number of hydrogen-bond acceptors (Lipinski definition) is 2. The van der Waals surface area contributed by atoms with Crippen LogP contribution in [0.2, 0.25) is 5.02 Å². The van der Waals surface area contributed by atoms with Crippen molar-refractivity contribution in [2.24, 2.45) is 0 Å². The van der Waals surface area contributed by atoms with Crippen LogP contribution in [0.5, 0.6) is 11.5 Å². The number of hydrogen-bond donors (Lipinski definition) is 0. The first-order valence-electron chi connectivity index (χ1n) is 5.98. The number of alkyl halides is 1. The van der Waals surface area contributed by atoms with Gasteiger partial charge >= 0.3 is 0 Å². The molecule has 2 aromatic rings. The fourth-order valence-electron chi connectivity index (χ4n) is 1.94. The smallest absolute Gasteiger partial charge is 0.161 e. The zero-order valence-corrected chi connectivity index (χ0v) is 16.5. The number of ether oxygens (including phenoxy) is 2. The molecule has 0 fully saturated rings. The van der Waals surface area contributed by atoms with Crippen molar-refractivity contribution in [2.45, 2.75) is 5.38 Å². The van der Waals surface area contributed by atoms with Crippen molar-refractivity contribution in [2.75, 3.05) is 14.2 Å². The number of rotatable bonds is 4. The summed E-state index contributed by atoms with van der Waals surface area (Å²) in [4.78, 5) is 0. The minimum absolute atomic E-state index is 0.343. The lowest BCUT2D eigenvalue weighted by molar-refractivity contribution is 0.354. The highest BCUT2D eigenvalue weighted by Crippen LogP contribution is 2.42. The SMILES string of the molecule is COc1cc(Br)c(C(Cl)c2cc(Cl)ccc2I)cc1OC. The summed E-state index contributed by atoms with van der Waals surface area (Å²) in [6.45, 7) is 0. The van der Waals surface area contributed by atoms with Crippen molar-refractivity contribution in [3.8, 4) is 11.5 Å². The lowest BCUT2D eigenvalue weighted by Crippen LogP contribution is -2.00. The Morgan fingerprint density at radius 3 is 2.29 bits per heavy atom. The maximum atomic E-state index is 6.65. The van der Waals surface area contributed by atoms with Crippen LogP contribution in [0.4, 0.5) is 0 Å². The first-order chi connectivity index (χ1) is 9.97. The molecule has 1 unspecified atom stereocenters. The molecule has 0 aromatic heterocycles. The minimum Gasteiger partial charge on any atom is -0.493 e. The molecule has 0 saturated carbocycles. The maximum absolute atomic E-state index is 6.65. The van der Waals surface area contributed by atoms with Crippen LogP contribution in [0.15, 0.2) is 34.8 Å². The molecule has 6 heteroatoms. The van der Waals surface area contributed by atoms with Gasteiger partial charge in [0.1, 0.15) is 0 Å². The Morgan fingerprint density at radius 1 is 1.05 bits per heavy atom. The monoisotopic (exact) mass is 500 g/mol. The summed E-state index contributed by atoms with van der Waals surface area (Å²) in [5.41, 5.74) is 1.85.